The van der Waals surface area contributed by atoms with E-state index in [2.05, 4.69) is 5.32 Å². The average Bonchev–Trinajstić information content (AvgIpc) is 2.73. The number of methoxy groups -OCH3 is 1. The monoisotopic (exact) mass is 409 g/mol. The molecule has 2 rings (SSSR count). The maximum absolute atomic E-state index is 12.5. The van der Waals surface area contributed by atoms with Gasteiger partial charge in [0.25, 0.3) is 0 Å². The standard InChI is InChI=1S/C21H31NO7/c1-4-5-11-27-20-18(22-12-16(24)15-9-7-6-8-10-15)21(26-3)29-17(19(20)25)13-28-14(2)23/h6-10,17-22,25H,4-5,11-13H2,1-3H3/t17?,18?,19-,20+,21+/m0/s1. The zero-order valence-corrected chi connectivity index (χ0v) is 17.2. The number of benzene rings is 1. The number of esters is 1. The third kappa shape index (κ3) is 6.87. The molecule has 8 heteroatoms. The lowest BCUT2D eigenvalue weighted by Gasteiger charge is -2.44. The number of carbonyl (C=O) groups excluding carboxylic acids is 2. The minimum Gasteiger partial charge on any atom is -0.463 e. The van der Waals surface area contributed by atoms with Gasteiger partial charge < -0.3 is 24.1 Å². The average molecular weight is 409 g/mol. The van der Waals surface area contributed by atoms with Gasteiger partial charge in [-0.05, 0) is 6.42 Å². The number of ether oxygens (including phenoxy) is 4. The molecule has 0 bridgehead atoms. The number of rotatable bonds is 11. The van der Waals surface area contributed by atoms with E-state index in [1.807, 2.05) is 13.0 Å². The summed E-state index contributed by atoms with van der Waals surface area (Å²) in [6.45, 7) is 3.70. The Labute approximate surface area is 171 Å². The number of nitrogens with one attached hydrogen (secondary N) is 1. The van der Waals surface area contributed by atoms with E-state index >= 15 is 0 Å². The van der Waals surface area contributed by atoms with Crippen molar-refractivity contribution in [1.82, 2.24) is 5.32 Å². The zero-order chi connectivity index (χ0) is 21.2. The molecule has 0 aromatic heterocycles. The highest BCUT2D eigenvalue weighted by Crippen LogP contribution is 2.25. The van der Waals surface area contributed by atoms with Crippen LogP contribution >= 0.6 is 0 Å². The summed E-state index contributed by atoms with van der Waals surface area (Å²) in [7, 11) is 1.47. The molecule has 162 valence electrons. The molecule has 29 heavy (non-hydrogen) atoms. The fraction of sp³-hybridized carbons (Fsp3) is 0.619. The number of carbonyl (C=O) groups is 2. The Morgan fingerprint density at radius 3 is 2.59 bits per heavy atom. The van der Waals surface area contributed by atoms with Crippen molar-refractivity contribution < 1.29 is 33.6 Å². The highest BCUT2D eigenvalue weighted by molar-refractivity contribution is 5.97. The number of aliphatic hydroxyl groups is 1. The van der Waals surface area contributed by atoms with Crippen molar-refractivity contribution in [2.45, 2.75) is 57.3 Å². The lowest BCUT2D eigenvalue weighted by atomic mass is 9.96. The molecule has 1 fully saturated rings. The minimum atomic E-state index is -1.05. The zero-order valence-electron chi connectivity index (χ0n) is 17.2. The summed E-state index contributed by atoms with van der Waals surface area (Å²) in [6, 6.07) is 8.36. The van der Waals surface area contributed by atoms with Gasteiger partial charge in [-0.1, -0.05) is 43.7 Å². The highest BCUT2D eigenvalue weighted by Gasteiger charge is 2.46. The van der Waals surface area contributed by atoms with Crippen molar-refractivity contribution in [2.75, 3.05) is 26.9 Å². The van der Waals surface area contributed by atoms with E-state index in [9.17, 15) is 14.7 Å². The van der Waals surface area contributed by atoms with Gasteiger partial charge in [0.2, 0.25) is 0 Å². The van der Waals surface area contributed by atoms with Gasteiger partial charge in [0.1, 0.15) is 24.9 Å². The predicted octanol–water partition coefficient (Wildman–Crippen LogP) is 1.31. The second-order valence-corrected chi connectivity index (χ2v) is 6.96. The molecule has 1 aliphatic heterocycles. The summed E-state index contributed by atoms with van der Waals surface area (Å²) in [5, 5.41) is 13.9. The topological polar surface area (TPSA) is 103 Å². The van der Waals surface area contributed by atoms with Crippen LogP contribution in [0.4, 0.5) is 0 Å². The summed E-state index contributed by atoms with van der Waals surface area (Å²) in [5.41, 5.74) is 0.586. The predicted molar refractivity (Wildman–Crippen MR) is 106 cm³/mol. The van der Waals surface area contributed by atoms with Crippen LogP contribution in [0.3, 0.4) is 0 Å². The van der Waals surface area contributed by atoms with Crippen molar-refractivity contribution in [3.8, 4) is 0 Å². The number of hydrogen-bond acceptors (Lipinski definition) is 8. The van der Waals surface area contributed by atoms with E-state index in [4.69, 9.17) is 18.9 Å². The van der Waals surface area contributed by atoms with E-state index in [-0.39, 0.29) is 18.9 Å². The summed E-state index contributed by atoms with van der Waals surface area (Å²) in [4.78, 5) is 23.6. The summed E-state index contributed by atoms with van der Waals surface area (Å²) in [6.07, 6.45) is -1.56. The van der Waals surface area contributed by atoms with Gasteiger partial charge in [0, 0.05) is 26.2 Å². The summed E-state index contributed by atoms with van der Waals surface area (Å²) >= 11 is 0. The van der Waals surface area contributed by atoms with E-state index < -0.39 is 36.6 Å². The molecular weight excluding hydrogens is 378 g/mol. The van der Waals surface area contributed by atoms with Crippen LogP contribution in [0.25, 0.3) is 0 Å². The van der Waals surface area contributed by atoms with E-state index in [1.165, 1.54) is 14.0 Å². The quantitative estimate of drug-likeness (QED) is 0.320. The van der Waals surface area contributed by atoms with Gasteiger partial charge in [-0.25, -0.2) is 0 Å². The molecule has 2 N–H and O–H groups in total. The van der Waals surface area contributed by atoms with Crippen LogP contribution in [0.2, 0.25) is 0 Å². The Morgan fingerprint density at radius 2 is 1.97 bits per heavy atom. The van der Waals surface area contributed by atoms with Crippen molar-refractivity contribution >= 4 is 11.8 Å². The Kier molecular flexibility index (Phi) is 9.69. The number of ketones is 1. The first kappa shape index (κ1) is 23.4. The Hall–Kier alpha value is -1.84. The molecule has 0 amide bonds. The first-order valence-corrected chi connectivity index (χ1v) is 9.90. The number of aliphatic hydroxyl groups excluding tert-OH is 1. The number of Topliss-reactive ketones (excluding diaryl/α,β-unsaturated/α-hetero) is 1. The van der Waals surface area contributed by atoms with Crippen LogP contribution in [0.5, 0.6) is 0 Å². The van der Waals surface area contributed by atoms with E-state index in [0.717, 1.165) is 12.8 Å². The van der Waals surface area contributed by atoms with Crippen LogP contribution in [0.1, 0.15) is 37.0 Å². The molecule has 1 heterocycles. The molecule has 0 radical (unpaired) electrons. The first-order valence-electron chi connectivity index (χ1n) is 9.90. The van der Waals surface area contributed by atoms with Crippen LogP contribution in [0.15, 0.2) is 30.3 Å². The largest absolute Gasteiger partial charge is 0.463 e. The van der Waals surface area contributed by atoms with Gasteiger partial charge >= 0.3 is 5.97 Å². The van der Waals surface area contributed by atoms with Gasteiger partial charge in [-0.15, -0.1) is 0 Å². The lowest BCUT2D eigenvalue weighted by molar-refractivity contribution is -0.271. The minimum absolute atomic E-state index is 0.0346. The molecule has 0 aliphatic carbocycles. The molecule has 1 saturated heterocycles. The van der Waals surface area contributed by atoms with Crippen molar-refractivity contribution in [3.63, 3.8) is 0 Å². The van der Waals surface area contributed by atoms with Crippen LogP contribution in [0, 0.1) is 0 Å². The van der Waals surface area contributed by atoms with Gasteiger partial charge in [-0.2, -0.15) is 0 Å². The second kappa shape index (κ2) is 12.0. The van der Waals surface area contributed by atoms with Crippen LogP contribution in [-0.4, -0.2) is 74.4 Å². The first-order chi connectivity index (χ1) is 14.0. The molecule has 1 aromatic rings. The molecular formula is C21H31NO7. The maximum atomic E-state index is 12.5. The van der Waals surface area contributed by atoms with E-state index in [1.54, 1.807) is 24.3 Å². The smallest absolute Gasteiger partial charge is 0.302 e. The van der Waals surface area contributed by atoms with E-state index in [0.29, 0.717) is 12.2 Å². The maximum Gasteiger partial charge on any atom is 0.302 e. The molecule has 0 spiro atoms. The summed E-state index contributed by atoms with van der Waals surface area (Å²) in [5.74, 6) is -0.559. The SMILES string of the molecule is CCCCO[C@@H]1C(NCC(=O)c2ccccc2)[C@H](OC)OC(COC(C)=O)[C@@H]1O. The van der Waals surface area contributed by atoms with Crippen LogP contribution in [-0.2, 0) is 23.7 Å². The fourth-order valence-corrected chi connectivity index (χ4v) is 3.17. The number of unbranched alkanes of at least 4 members (excludes halogenated alkanes) is 1. The molecule has 1 aliphatic rings. The van der Waals surface area contributed by atoms with Gasteiger partial charge in [0.05, 0.1) is 12.6 Å². The lowest BCUT2D eigenvalue weighted by Crippen LogP contribution is -2.65. The Morgan fingerprint density at radius 1 is 1.24 bits per heavy atom. The molecule has 0 saturated carbocycles. The second-order valence-electron chi connectivity index (χ2n) is 6.96. The molecule has 1 aromatic carbocycles. The third-order valence-corrected chi connectivity index (χ3v) is 4.76. The van der Waals surface area contributed by atoms with Gasteiger partial charge in [0.15, 0.2) is 12.1 Å². The summed E-state index contributed by atoms with van der Waals surface area (Å²) < 4.78 is 22.1. The fourth-order valence-electron chi connectivity index (χ4n) is 3.17. The van der Waals surface area contributed by atoms with Gasteiger partial charge in [-0.3, -0.25) is 14.9 Å². The molecule has 2 unspecified atom stereocenters. The van der Waals surface area contributed by atoms with Crippen molar-refractivity contribution in [1.29, 1.82) is 0 Å². The molecule has 8 nitrogen and oxygen atoms in total. The third-order valence-electron chi connectivity index (χ3n) is 4.76. The Balaban J connectivity index is 2.10. The van der Waals surface area contributed by atoms with Crippen molar-refractivity contribution in [2.24, 2.45) is 0 Å². The van der Waals surface area contributed by atoms with Crippen LogP contribution < -0.4 is 5.32 Å². The normalized spacial score (nSPS) is 26.8. The Bertz CT molecular complexity index is 639. The van der Waals surface area contributed by atoms with Crippen molar-refractivity contribution in [3.05, 3.63) is 35.9 Å². The molecule has 5 atom stereocenters. The highest BCUT2D eigenvalue weighted by atomic mass is 16.7. The number of hydrogen-bond donors (Lipinski definition) is 2.